The van der Waals surface area contributed by atoms with Crippen molar-refractivity contribution in [3.8, 4) is 0 Å². The minimum Gasteiger partial charge on any atom is -0.338 e. The highest BCUT2D eigenvalue weighted by atomic mass is 16.2. The van der Waals surface area contributed by atoms with Crippen LogP contribution in [-0.4, -0.2) is 30.4 Å². The monoisotopic (exact) mass is 320 g/mol. The zero-order valence-corrected chi connectivity index (χ0v) is 14.2. The molecule has 2 atom stereocenters. The first kappa shape index (κ1) is 15.4. The van der Waals surface area contributed by atoms with Crippen molar-refractivity contribution in [1.29, 1.82) is 0 Å². The van der Waals surface area contributed by atoms with Crippen LogP contribution in [0, 0.1) is 12.8 Å². The van der Waals surface area contributed by atoms with E-state index in [9.17, 15) is 4.79 Å². The molecule has 4 rings (SSSR count). The molecular weight excluding hydrogens is 296 g/mol. The van der Waals surface area contributed by atoms with Gasteiger partial charge < -0.3 is 10.2 Å². The van der Waals surface area contributed by atoms with Crippen LogP contribution in [0.5, 0.6) is 0 Å². The van der Waals surface area contributed by atoms with Crippen molar-refractivity contribution in [2.75, 3.05) is 19.6 Å². The van der Waals surface area contributed by atoms with Crippen molar-refractivity contribution in [3.63, 3.8) is 0 Å². The fourth-order valence-corrected chi connectivity index (χ4v) is 4.02. The predicted octanol–water partition coefficient (Wildman–Crippen LogP) is 2.88. The summed E-state index contributed by atoms with van der Waals surface area (Å²) in [5.74, 6) is 0.647. The van der Waals surface area contributed by atoms with E-state index in [1.54, 1.807) is 0 Å². The summed E-state index contributed by atoms with van der Waals surface area (Å²) >= 11 is 0. The van der Waals surface area contributed by atoms with E-state index < -0.39 is 0 Å². The Hall–Kier alpha value is -2.13. The average molecular weight is 320 g/mol. The summed E-state index contributed by atoms with van der Waals surface area (Å²) in [4.78, 5) is 15.2. The number of hydrogen-bond donors (Lipinski definition) is 1. The maximum absolute atomic E-state index is 13.1. The highest BCUT2D eigenvalue weighted by Crippen LogP contribution is 2.31. The van der Waals surface area contributed by atoms with E-state index in [-0.39, 0.29) is 11.8 Å². The van der Waals surface area contributed by atoms with Gasteiger partial charge in [-0.2, -0.15) is 0 Å². The van der Waals surface area contributed by atoms with Gasteiger partial charge in [-0.15, -0.1) is 0 Å². The van der Waals surface area contributed by atoms with Crippen molar-refractivity contribution in [3.05, 3.63) is 70.8 Å². The Kier molecular flexibility index (Phi) is 4.11. The molecule has 2 aliphatic heterocycles. The number of rotatable bonds is 2. The van der Waals surface area contributed by atoms with Crippen LogP contribution in [0.25, 0.3) is 0 Å². The molecule has 124 valence electrons. The molecular formula is C21H24N2O. The highest BCUT2D eigenvalue weighted by Gasteiger charge is 2.37. The molecule has 2 heterocycles. The Labute approximate surface area is 143 Å². The van der Waals surface area contributed by atoms with Gasteiger partial charge in [0, 0.05) is 32.1 Å². The molecule has 1 amide bonds. The van der Waals surface area contributed by atoms with E-state index in [0.717, 1.165) is 32.6 Å². The van der Waals surface area contributed by atoms with E-state index >= 15 is 0 Å². The second-order valence-corrected chi connectivity index (χ2v) is 7.06. The molecule has 2 aromatic rings. The van der Waals surface area contributed by atoms with Crippen molar-refractivity contribution < 1.29 is 4.79 Å². The summed E-state index contributed by atoms with van der Waals surface area (Å²) in [5, 5.41) is 3.43. The summed E-state index contributed by atoms with van der Waals surface area (Å²) in [6.45, 7) is 5.38. The van der Waals surface area contributed by atoms with Gasteiger partial charge in [0.1, 0.15) is 0 Å². The molecule has 2 aromatic carbocycles. The van der Waals surface area contributed by atoms with Gasteiger partial charge in [-0.05, 0) is 30.0 Å². The van der Waals surface area contributed by atoms with Gasteiger partial charge in [-0.3, -0.25) is 4.79 Å². The van der Waals surface area contributed by atoms with Crippen molar-refractivity contribution in [1.82, 2.24) is 10.2 Å². The Morgan fingerprint density at radius 2 is 1.79 bits per heavy atom. The molecule has 1 saturated heterocycles. The standard InChI is InChI=1S/C21H24N2O/c1-15-6-8-17(9-7-15)19-12-22-13-20(19)21(24)23-11-10-16-4-2-3-5-18(16)14-23/h2-9,19-20,22H,10-14H2,1H3. The Morgan fingerprint density at radius 3 is 2.58 bits per heavy atom. The number of carbonyl (C=O) groups excluding carboxylic acids is 1. The van der Waals surface area contributed by atoms with Crippen molar-refractivity contribution >= 4 is 5.91 Å². The molecule has 1 fully saturated rings. The molecule has 24 heavy (non-hydrogen) atoms. The molecule has 0 aliphatic carbocycles. The van der Waals surface area contributed by atoms with E-state index in [2.05, 4.69) is 65.7 Å². The second-order valence-electron chi connectivity index (χ2n) is 7.06. The summed E-state index contributed by atoms with van der Waals surface area (Å²) in [6, 6.07) is 17.1. The molecule has 1 N–H and O–H groups in total. The minimum atomic E-state index is 0.0537. The molecule has 0 aromatic heterocycles. The average Bonchev–Trinajstić information content (AvgIpc) is 3.11. The fraction of sp³-hybridized carbons (Fsp3) is 0.381. The van der Waals surface area contributed by atoms with Gasteiger partial charge in [0.2, 0.25) is 5.91 Å². The number of nitrogens with zero attached hydrogens (tertiary/aromatic N) is 1. The maximum atomic E-state index is 13.1. The predicted molar refractivity (Wildman–Crippen MR) is 95.8 cm³/mol. The molecule has 0 spiro atoms. The molecule has 3 heteroatoms. The van der Waals surface area contributed by atoms with Crippen LogP contribution in [0.1, 0.15) is 28.2 Å². The molecule has 0 radical (unpaired) electrons. The van der Waals surface area contributed by atoms with Gasteiger partial charge in [-0.1, -0.05) is 54.1 Å². The number of aryl methyl sites for hydroxylation is 1. The molecule has 2 aliphatic rings. The summed E-state index contributed by atoms with van der Waals surface area (Å²) in [6.07, 6.45) is 0.970. The maximum Gasteiger partial charge on any atom is 0.227 e. The summed E-state index contributed by atoms with van der Waals surface area (Å²) in [5.41, 5.74) is 5.23. The van der Waals surface area contributed by atoms with Crippen LogP contribution in [0.3, 0.4) is 0 Å². The van der Waals surface area contributed by atoms with Crippen LogP contribution in [0.2, 0.25) is 0 Å². The van der Waals surface area contributed by atoms with Crippen LogP contribution in [-0.2, 0) is 17.8 Å². The molecule has 3 nitrogen and oxygen atoms in total. The number of fused-ring (bicyclic) bond motifs is 1. The van der Waals surface area contributed by atoms with Gasteiger partial charge in [0.15, 0.2) is 0 Å². The fourth-order valence-electron chi connectivity index (χ4n) is 4.02. The van der Waals surface area contributed by atoms with Crippen molar-refractivity contribution in [2.45, 2.75) is 25.8 Å². The summed E-state index contributed by atoms with van der Waals surface area (Å²) in [7, 11) is 0. The number of amides is 1. The molecule has 0 saturated carbocycles. The van der Waals surface area contributed by atoms with E-state index in [1.165, 1.54) is 22.3 Å². The minimum absolute atomic E-state index is 0.0537. The number of carbonyl (C=O) groups is 1. The Balaban J connectivity index is 1.52. The lowest BCUT2D eigenvalue weighted by Crippen LogP contribution is -2.41. The number of nitrogens with one attached hydrogen (secondary N) is 1. The third kappa shape index (κ3) is 2.84. The first-order valence-corrected chi connectivity index (χ1v) is 8.85. The lowest BCUT2D eigenvalue weighted by Gasteiger charge is -2.32. The number of benzene rings is 2. The normalized spacial score (nSPS) is 23.1. The van der Waals surface area contributed by atoms with Crippen molar-refractivity contribution in [2.24, 2.45) is 5.92 Å². The first-order valence-electron chi connectivity index (χ1n) is 8.85. The van der Waals surface area contributed by atoms with Crippen LogP contribution < -0.4 is 5.32 Å². The summed E-state index contributed by atoms with van der Waals surface area (Å²) < 4.78 is 0. The van der Waals surface area contributed by atoms with E-state index in [0.29, 0.717) is 5.91 Å². The zero-order valence-electron chi connectivity index (χ0n) is 14.2. The van der Waals surface area contributed by atoms with Crippen LogP contribution in [0.4, 0.5) is 0 Å². The van der Waals surface area contributed by atoms with Gasteiger partial charge in [0.25, 0.3) is 0 Å². The third-order valence-corrected chi connectivity index (χ3v) is 5.48. The topological polar surface area (TPSA) is 32.3 Å². The quantitative estimate of drug-likeness (QED) is 0.923. The van der Waals surface area contributed by atoms with E-state index in [1.807, 2.05) is 0 Å². The lowest BCUT2D eigenvalue weighted by atomic mass is 9.87. The Morgan fingerprint density at radius 1 is 1.04 bits per heavy atom. The largest absolute Gasteiger partial charge is 0.338 e. The number of hydrogen-bond acceptors (Lipinski definition) is 2. The zero-order chi connectivity index (χ0) is 16.5. The second kappa shape index (κ2) is 6.40. The molecule has 0 bridgehead atoms. The van der Waals surface area contributed by atoms with Crippen LogP contribution in [0.15, 0.2) is 48.5 Å². The van der Waals surface area contributed by atoms with Gasteiger partial charge in [0.05, 0.1) is 5.92 Å². The van der Waals surface area contributed by atoms with Gasteiger partial charge in [-0.25, -0.2) is 0 Å². The Bertz CT molecular complexity index is 738. The van der Waals surface area contributed by atoms with Crippen LogP contribution >= 0.6 is 0 Å². The molecule has 2 unspecified atom stereocenters. The SMILES string of the molecule is Cc1ccc(C2CNCC2C(=O)N2CCc3ccccc3C2)cc1. The third-order valence-electron chi connectivity index (χ3n) is 5.48. The van der Waals surface area contributed by atoms with Gasteiger partial charge >= 0.3 is 0 Å². The lowest BCUT2D eigenvalue weighted by molar-refractivity contribution is -0.136. The first-order chi connectivity index (χ1) is 11.7. The van der Waals surface area contributed by atoms with E-state index in [4.69, 9.17) is 0 Å². The smallest absolute Gasteiger partial charge is 0.227 e. The highest BCUT2D eigenvalue weighted by molar-refractivity contribution is 5.81.